The van der Waals surface area contributed by atoms with Gasteiger partial charge >= 0.3 is 5.97 Å². The van der Waals surface area contributed by atoms with Gasteiger partial charge < -0.3 is 20.1 Å². The highest BCUT2D eigenvalue weighted by molar-refractivity contribution is 5.94. The molecule has 0 atom stereocenters. The highest BCUT2D eigenvalue weighted by Gasteiger charge is 2.14. The first-order chi connectivity index (χ1) is 10.6. The zero-order valence-corrected chi connectivity index (χ0v) is 11.8. The Kier molecular flexibility index (Phi) is 5.16. The number of aliphatic carboxylic acids is 1. The first-order valence-electron chi connectivity index (χ1n) is 6.65. The first kappa shape index (κ1) is 15.6. The van der Waals surface area contributed by atoms with E-state index in [0.717, 1.165) is 5.56 Å². The summed E-state index contributed by atoms with van der Waals surface area (Å²) in [5.41, 5.74) is 1.34. The molecule has 0 saturated heterocycles. The lowest BCUT2D eigenvalue weighted by Gasteiger charge is -2.10. The molecule has 3 N–H and O–H groups in total. The van der Waals surface area contributed by atoms with Crippen LogP contribution in [0.25, 0.3) is 5.57 Å². The summed E-state index contributed by atoms with van der Waals surface area (Å²) in [5, 5.41) is 27.6. The summed E-state index contributed by atoms with van der Waals surface area (Å²) in [6, 6.07) is 16.2. The van der Waals surface area contributed by atoms with Gasteiger partial charge in [0.15, 0.2) is 0 Å². The van der Waals surface area contributed by atoms with E-state index >= 15 is 0 Å². The molecule has 0 bridgehead atoms. The van der Waals surface area contributed by atoms with Crippen molar-refractivity contribution >= 4 is 11.5 Å². The molecule has 0 radical (unpaired) electrons. The van der Waals surface area contributed by atoms with E-state index in [4.69, 9.17) is 9.84 Å². The summed E-state index contributed by atoms with van der Waals surface area (Å²) in [6.07, 6.45) is 0. The highest BCUT2D eigenvalue weighted by atomic mass is 16.5. The predicted octanol–water partition coefficient (Wildman–Crippen LogP) is 2.61. The van der Waals surface area contributed by atoms with Gasteiger partial charge in [-0.15, -0.1) is 0 Å². The van der Waals surface area contributed by atoms with Crippen LogP contribution in [0.1, 0.15) is 11.1 Å². The van der Waals surface area contributed by atoms with Gasteiger partial charge in [0.25, 0.3) is 0 Å². The molecule has 2 aromatic rings. The Morgan fingerprint density at radius 1 is 1.00 bits per heavy atom. The minimum absolute atomic E-state index is 0.0577. The third-order valence-electron chi connectivity index (χ3n) is 3.08. The van der Waals surface area contributed by atoms with Crippen molar-refractivity contribution in [3.05, 3.63) is 71.5 Å². The van der Waals surface area contributed by atoms with Gasteiger partial charge in [-0.3, -0.25) is 0 Å². The molecule has 0 aromatic heterocycles. The van der Waals surface area contributed by atoms with Crippen LogP contribution in [-0.2, 0) is 11.4 Å². The third kappa shape index (κ3) is 3.86. The lowest BCUT2D eigenvalue weighted by Crippen LogP contribution is -2.06. The van der Waals surface area contributed by atoms with Crippen molar-refractivity contribution in [1.82, 2.24) is 0 Å². The van der Waals surface area contributed by atoms with Crippen LogP contribution in [0, 0.1) is 0 Å². The van der Waals surface area contributed by atoms with Crippen LogP contribution in [-0.4, -0.2) is 27.9 Å². The molecule has 0 heterocycles. The van der Waals surface area contributed by atoms with Gasteiger partial charge in [0.2, 0.25) is 5.76 Å². The molecule has 0 saturated carbocycles. The molecular weight excluding hydrogens is 284 g/mol. The van der Waals surface area contributed by atoms with Crippen LogP contribution in [0.3, 0.4) is 0 Å². The molecule has 0 fully saturated rings. The van der Waals surface area contributed by atoms with Crippen molar-refractivity contribution < 1.29 is 24.9 Å². The maximum atomic E-state index is 10.8. The summed E-state index contributed by atoms with van der Waals surface area (Å²) >= 11 is 0. The molecule has 0 aliphatic rings. The Balaban J connectivity index is 2.19. The van der Waals surface area contributed by atoms with Gasteiger partial charge in [0.05, 0.1) is 6.61 Å². The average molecular weight is 300 g/mol. The number of aliphatic hydroxyl groups excluding tert-OH is 2. The molecule has 2 aromatic carbocycles. The van der Waals surface area contributed by atoms with Crippen LogP contribution in [0.4, 0.5) is 0 Å². The largest absolute Gasteiger partial charge is 0.502 e. The fourth-order valence-electron chi connectivity index (χ4n) is 1.95. The van der Waals surface area contributed by atoms with Crippen LogP contribution in [0.15, 0.2) is 60.4 Å². The number of hydrogen-bond acceptors (Lipinski definition) is 4. The predicted molar refractivity (Wildman–Crippen MR) is 81.5 cm³/mol. The van der Waals surface area contributed by atoms with Crippen molar-refractivity contribution in [2.45, 2.75) is 6.61 Å². The van der Waals surface area contributed by atoms with Crippen molar-refractivity contribution in [2.24, 2.45) is 0 Å². The van der Waals surface area contributed by atoms with Crippen molar-refractivity contribution in [2.75, 3.05) is 6.61 Å². The third-order valence-corrected chi connectivity index (χ3v) is 3.08. The van der Waals surface area contributed by atoms with E-state index in [0.29, 0.717) is 17.9 Å². The Hall–Kier alpha value is -2.79. The second-order valence-corrected chi connectivity index (χ2v) is 4.59. The first-order valence-corrected chi connectivity index (χ1v) is 6.65. The van der Waals surface area contributed by atoms with Gasteiger partial charge in [-0.2, -0.15) is 0 Å². The monoisotopic (exact) mass is 300 g/mol. The fraction of sp³-hybridized carbons (Fsp3) is 0.118. The van der Waals surface area contributed by atoms with Gasteiger partial charge in [-0.05, 0) is 23.3 Å². The summed E-state index contributed by atoms with van der Waals surface area (Å²) in [4.78, 5) is 10.8. The maximum Gasteiger partial charge on any atom is 0.371 e. The Morgan fingerprint density at radius 3 is 2.36 bits per heavy atom. The molecule has 114 valence electrons. The topological polar surface area (TPSA) is 87.0 Å². The van der Waals surface area contributed by atoms with Gasteiger partial charge in [-0.1, -0.05) is 42.5 Å². The second-order valence-electron chi connectivity index (χ2n) is 4.59. The minimum atomic E-state index is -1.49. The van der Waals surface area contributed by atoms with Crippen molar-refractivity contribution in [3.8, 4) is 5.75 Å². The summed E-state index contributed by atoms with van der Waals surface area (Å²) < 4.78 is 5.63. The normalized spacial score (nSPS) is 11.7. The SMILES string of the molecule is O=C(O)/C(O)=C(\CO)c1cccc(OCc2ccccc2)c1. The Morgan fingerprint density at radius 2 is 1.73 bits per heavy atom. The fourth-order valence-corrected chi connectivity index (χ4v) is 1.95. The summed E-state index contributed by atoms with van der Waals surface area (Å²) in [6.45, 7) is -0.215. The number of hydrogen-bond donors (Lipinski definition) is 3. The number of rotatable bonds is 6. The summed E-state index contributed by atoms with van der Waals surface area (Å²) in [7, 11) is 0. The van der Waals surface area contributed by atoms with E-state index in [2.05, 4.69) is 0 Å². The zero-order chi connectivity index (χ0) is 15.9. The highest BCUT2D eigenvalue weighted by Crippen LogP contribution is 2.23. The smallest absolute Gasteiger partial charge is 0.371 e. The molecular formula is C17H16O5. The number of carbonyl (C=O) groups is 1. The summed E-state index contributed by atoms with van der Waals surface area (Å²) in [5.74, 6) is -1.84. The maximum absolute atomic E-state index is 10.8. The molecule has 5 nitrogen and oxygen atoms in total. The zero-order valence-electron chi connectivity index (χ0n) is 11.8. The average Bonchev–Trinajstić information content (AvgIpc) is 2.55. The van der Waals surface area contributed by atoms with E-state index in [1.54, 1.807) is 24.3 Å². The molecule has 2 rings (SSSR count). The minimum Gasteiger partial charge on any atom is -0.502 e. The van der Waals surface area contributed by atoms with Crippen LogP contribution in [0.2, 0.25) is 0 Å². The van der Waals surface area contributed by atoms with Crippen LogP contribution < -0.4 is 4.74 Å². The number of ether oxygens (including phenoxy) is 1. The van der Waals surface area contributed by atoms with Crippen molar-refractivity contribution in [3.63, 3.8) is 0 Å². The molecule has 0 amide bonds. The van der Waals surface area contributed by atoms with E-state index in [9.17, 15) is 15.0 Å². The van der Waals surface area contributed by atoms with Crippen molar-refractivity contribution in [1.29, 1.82) is 0 Å². The van der Waals surface area contributed by atoms with Gasteiger partial charge in [-0.25, -0.2) is 4.79 Å². The molecule has 0 aliphatic carbocycles. The van der Waals surface area contributed by atoms with E-state index in [-0.39, 0.29) is 5.57 Å². The molecule has 0 aliphatic heterocycles. The lowest BCUT2D eigenvalue weighted by atomic mass is 10.0. The lowest BCUT2D eigenvalue weighted by molar-refractivity contribution is -0.135. The number of carboxylic acid groups (broad SMARTS) is 1. The van der Waals surface area contributed by atoms with E-state index in [1.807, 2.05) is 30.3 Å². The molecule has 22 heavy (non-hydrogen) atoms. The number of carboxylic acids is 1. The van der Waals surface area contributed by atoms with Gasteiger partial charge in [0, 0.05) is 5.57 Å². The van der Waals surface area contributed by atoms with E-state index in [1.165, 1.54) is 0 Å². The van der Waals surface area contributed by atoms with Crippen LogP contribution >= 0.6 is 0 Å². The Labute approximate surface area is 127 Å². The molecule has 0 spiro atoms. The van der Waals surface area contributed by atoms with Crippen LogP contribution in [0.5, 0.6) is 5.75 Å². The second kappa shape index (κ2) is 7.28. The van der Waals surface area contributed by atoms with Gasteiger partial charge in [0.1, 0.15) is 12.4 Å². The standard InChI is InChI=1S/C17H16O5/c18-10-15(16(19)17(20)21)13-7-4-8-14(9-13)22-11-12-5-2-1-3-6-12/h1-9,18-19H,10-11H2,(H,20,21)/b16-15-. The Bertz CT molecular complexity index is 676. The number of benzene rings is 2. The molecule has 5 heteroatoms. The van der Waals surface area contributed by atoms with E-state index < -0.39 is 18.3 Å². The quantitative estimate of drug-likeness (QED) is 0.564. The number of aliphatic hydroxyl groups is 2. The molecule has 0 unspecified atom stereocenters.